The van der Waals surface area contributed by atoms with Crippen molar-refractivity contribution in [1.82, 2.24) is 10.2 Å². The van der Waals surface area contributed by atoms with E-state index in [2.05, 4.69) is 40.9 Å². The number of hydrogen-bond acceptors (Lipinski definition) is 3. The fourth-order valence-electron chi connectivity index (χ4n) is 2.35. The summed E-state index contributed by atoms with van der Waals surface area (Å²) in [6.07, 6.45) is 4.00. The fourth-order valence-corrected chi connectivity index (χ4v) is 3.05. The van der Waals surface area contributed by atoms with Crippen LogP contribution in [0.3, 0.4) is 0 Å². The molecule has 0 atom stereocenters. The molecule has 0 aromatic carbocycles. The van der Waals surface area contributed by atoms with Crippen LogP contribution in [0.25, 0.3) is 0 Å². The van der Waals surface area contributed by atoms with E-state index in [0.717, 1.165) is 31.5 Å². The van der Waals surface area contributed by atoms with Gasteiger partial charge in [-0.15, -0.1) is 0 Å². The molecule has 1 saturated carbocycles. The van der Waals surface area contributed by atoms with E-state index in [1.807, 2.05) is 0 Å². The zero-order valence-corrected chi connectivity index (χ0v) is 12.5. The predicted octanol–water partition coefficient (Wildman–Crippen LogP) is 3.00. The molecule has 0 spiro atoms. The molecule has 2 nitrogen and oxygen atoms in total. The third-order valence-electron chi connectivity index (χ3n) is 3.41. The molecule has 1 aliphatic carbocycles. The molecule has 0 unspecified atom stereocenters. The Morgan fingerprint density at radius 3 is 2.83 bits per heavy atom. The Balaban J connectivity index is 1.55. The van der Waals surface area contributed by atoms with Crippen LogP contribution in [0.15, 0.2) is 16.8 Å². The minimum atomic E-state index is 0.788. The molecule has 102 valence electrons. The van der Waals surface area contributed by atoms with Gasteiger partial charge < -0.3 is 5.32 Å². The number of nitrogens with zero attached hydrogens (tertiary/aromatic N) is 1. The minimum Gasteiger partial charge on any atom is -0.315 e. The molecule has 1 aliphatic rings. The summed E-state index contributed by atoms with van der Waals surface area (Å²) in [6.45, 7) is 9.35. The van der Waals surface area contributed by atoms with E-state index >= 15 is 0 Å². The van der Waals surface area contributed by atoms with Crippen LogP contribution in [0, 0.1) is 5.92 Å². The number of hydrogen-bond donors (Lipinski definition) is 1. The first-order valence-electron chi connectivity index (χ1n) is 7.21. The molecule has 0 radical (unpaired) electrons. The van der Waals surface area contributed by atoms with Gasteiger partial charge in [0.1, 0.15) is 0 Å². The van der Waals surface area contributed by atoms with Gasteiger partial charge in [-0.3, -0.25) is 4.90 Å². The topological polar surface area (TPSA) is 15.3 Å². The molecule has 1 fully saturated rings. The molecule has 0 saturated heterocycles. The second kappa shape index (κ2) is 7.27. The van der Waals surface area contributed by atoms with E-state index in [0.29, 0.717) is 0 Å². The van der Waals surface area contributed by atoms with E-state index in [1.165, 1.54) is 31.5 Å². The summed E-state index contributed by atoms with van der Waals surface area (Å²) in [7, 11) is 0. The minimum absolute atomic E-state index is 0.788. The zero-order chi connectivity index (χ0) is 12.8. The largest absolute Gasteiger partial charge is 0.315 e. The SMILES string of the molecule is CC(C)CN(CCNCCc1ccsc1)C1CC1. The van der Waals surface area contributed by atoms with Crippen molar-refractivity contribution in [2.75, 3.05) is 26.2 Å². The molecule has 1 aromatic rings. The quantitative estimate of drug-likeness (QED) is 0.691. The van der Waals surface area contributed by atoms with Gasteiger partial charge in [-0.2, -0.15) is 11.3 Å². The van der Waals surface area contributed by atoms with E-state index in [1.54, 1.807) is 11.3 Å². The van der Waals surface area contributed by atoms with Gasteiger partial charge in [-0.25, -0.2) is 0 Å². The van der Waals surface area contributed by atoms with Gasteiger partial charge in [0, 0.05) is 25.7 Å². The molecule has 0 amide bonds. The van der Waals surface area contributed by atoms with Crippen LogP contribution in [0.5, 0.6) is 0 Å². The van der Waals surface area contributed by atoms with Gasteiger partial charge in [0.2, 0.25) is 0 Å². The van der Waals surface area contributed by atoms with Crippen LogP contribution in [-0.4, -0.2) is 37.1 Å². The second-order valence-corrected chi connectivity index (χ2v) is 6.53. The van der Waals surface area contributed by atoms with Crippen LogP contribution < -0.4 is 5.32 Å². The van der Waals surface area contributed by atoms with Crippen LogP contribution in [0.1, 0.15) is 32.3 Å². The molecule has 1 aromatic heterocycles. The number of rotatable bonds is 9. The normalized spacial score (nSPS) is 15.8. The Morgan fingerprint density at radius 1 is 1.39 bits per heavy atom. The lowest BCUT2D eigenvalue weighted by Crippen LogP contribution is -2.36. The van der Waals surface area contributed by atoms with Gasteiger partial charge >= 0.3 is 0 Å². The molecule has 0 bridgehead atoms. The van der Waals surface area contributed by atoms with Gasteiger partial charge in [-0.05, 0) is 54.1 Å². The van der Waals surface area contributed by atoms with E-state index in [9.17, 15) is 0 Å². The highest BCUT2D eigenvalue weighted by Gasteiger charge is 2.28. The Kier molecular flexibility index (Phi) is 5.67. The lowest BCUT2D eigenvalue weighted by Gasteiger charge is -2.24. The lowest BCUT2D eigenvalue weighted by atomic mass is 10.2. The average molecular weight is 266 g/mol. The zero-order valence-electron chi connectivity index (χ0n) is 11.7. The Hall–Kier alpha value is -0.380. The molecular weight excluding hydrogens is 240 g/mol. The highest BCUT2D eigenvalue weighted by Crippen LogP contribution is 2.26. The first-order valence-corrected chi connectivity index (χ1v) is 8.16. The van der Waals surface area contributed by atoms with Crippen molar-refractivity contribution in [2.45, 2.75) is 39.2 Å². The van der Waals surface area contributed by atoms with Gasteiger partial charge in [-0.1, -0.05) is 13.8 Å². The summed E-state index contributed by atoms with van der Waals surface area (Å²) in [6, 6.07) is 3.12. The number of thiophene rings is 1. The van der Waals surface area contributed by atoms with Crippen molar-refractivity contribution in [1.29, 1.82) is 0 Å². The smallest absolute Gasteiger partial charge is 0.0110 e. The molecule has 2 rings (SSSR count). The third-order valence-corrected chi connectivity index (χ3v) is 4.14. The fraction of sp³-hybridized carbons (Fsp3) is 0.733. The Bertz CT molecular complexity index is 317. The van der Waals surface area contributed by atoms with Crippen molar-refractivity contribution in [3.05, 3.63) is 22.4 Å². The van der Waals surface area contributed by atoms with Gasteiger partial charge in [0.05, 0.1) is 0 Å². The maximum Gasteiger partial charge on any atom is 0.0110 e. The summed E-state index contributed by atoms with van der Waals surface area (Å²) in [5, 5.41) is 7.98. The van der Waals surface area contributed by atoms with Crippen LogP contribution in [0.2, 0.25) is 0 Å². The lowest BCUT2D eigenvalue weighted by molar-refractivity contribution is 0.235. The average Bonchev–Trinajstić information content (AvgIpc) is 3.05. The first-order chi connectivity index (χ1) is 8.75. The van der Waals surface area contributed by atoms with Crippen molar-refractivity contribution in [3.63, 3.8) is 0 Å². The summed E-state index contributed by atoms with van der Waals surface area (Å²) in [4.78, 5) is 2.67. The summed E-state index contributed by atoms with van der Waals surface area (Å²) in [5.74, 6) is 0.788. The molecule has 1 N–H and O–H groups in total. The molecule has 18 heavy (non-hydrogen) atoms. The maximum atomic E-state index is 3.57. The maximum absolute atomic E-state index is 3.57. The molecule has 3 heteroatoms. The number of nitrogens with one attached hydrogen (secondary N) is 1. The first kappa shape index (κ1) is 14.0. The highest BCUT2D eigenvalue weighted by molar-refractivity contribution is 7.07. The molecule has 1 heterocycles. The van der Waals surface area contributed by atoms with Gasteiger partial charge in [0.15, 0.2) is 0 Å². The monoisotopic (exact) mass is 266 g/mol. The third kappa shape index (κ3) is 5.09. The van der Waals surface area contributed by atoms with E-state index < -0.39 is 0 Å². The van der Waals surface area contributed by atoms with E-state index in [4.69, 9.17) is 0 Å². The predicted molar refractivity (Wildman–Crippen MR) is 80.3 cm³/mol. The van der Waals surface area contributed by atoms with Crippen molar-refractivity contribution in [2.24, 2.45) is 5.92 Å². The molecular formula is C15H26N2S. The standard InChI is InChI=1S/C15H26N2S/c1-13(2)11-17(15-3-4-15)9-8-16-7-5-14-6-10-18-12-14/h6,10,12-13,15-16H,3-5,7-9,11H2,1-2H3. The molecule has 0 aliphatic heterocycles. The summed E-state index contributed by atoms with van der Waals surface area (Å²) in [5.41, 5.74) is 1.47. The van der Waals surface area contributed by atoms with Gasteiger partial charge in [0.25, 0.3) is 0 Å². The Morgan fingerprint density at radius 2 is 2.22 bits per heavy atom. The highest BCUT2D eigenvalue weighted by atomic mass is 32.1. The van der Waals surface area contributed by atoms with Crippen LogP contribution >= 0.6 is 11.3 Å². The van der Waals surface area contributed by atoms with E-state index in [-0.39, 0.29) is 0 Å². The van der Waals surface area contributed by atoms with Crippen LogP contribution in [-0.2, 0) is 6.42 Å². The van der Waals surface area contributed by atoms with Crippen molar-refractivity contribution >= 4 is 11.3 Å². The van der Waals surface area contributed by atoms with Crippen molar-refractivity contribution in [3.8, 4) is 0 Å². The van der Waals surface area contributed by atoms with Crippen LogP contribution in [0.4, 0.5) is 0 Å². The second-order valence-electron chi connectivity index (χ2n) is 5.75. The Labute approximate surface area is 115 Å². The summed E-state index contributed by atoms with van der Waals surface area (Å²) < 4.78 is 0. The van der Waals surface area contributed by atoms with Crippen molar-refractivity contribution < 1.29 is 0 Å². The summed E-state index contributed by atoms with van der Waals surface area (Å²) >= 11 is 1.79.